The normalized spacial score (nSPS) is 15.9. The van der Waals surface area contributed by atoms with Gasteiger partial charge in [0.15, 0.2) is 0 Å². The van der Waals surface area contributed by atoms with Gasteiger partial charge in [0, 0.05) is 44.6 Å². The van der Waals surface area contributed by atoms with E-state index in [4.69, 9.17) is 0 Å². The predicted octanol–water partition coefficient (Wildman–Crippen LogP) is 3.64. The van der Waals surface area contributed by atoms with E-state index in [1.807, 2.05) is 6.20 Å². The Labute approximate surface area is 140 Å². The van der Waals surface area contributed by atoms with Crippen molar-refractivity contribution in [1.82, 2.24) is 9.88 Å². The van der Waals surface area contributed by atoms with Crippen molar-refractivity contribution in [3.8, 4) is 0 Å². The first-order valence-corrected chi connectivity index (χ1v) is 8.50. The zero-order valence-electron chi connectivity index (χ0n) is 14.8. The SMILES string of the molecule is Cc1cnc(CN2CCN(c3cccc(C)c3C)CC2)c(C)c1. The molecule has 1 aliphatic rings. The van der Waals surface area contributed by atoms with Crippen LogP contribution in [0.4, 0.5) is 5.69 Å². The summed E-state index contributed by atoms with van der Waals surface area (Å²) in [4.78, 5) is 9.66. The number of aryl methyl sites for hydroxylation is 3. The maximum Gasteiger partial charge on any atom is 0.0573 e. The van der Waals surface area contributed by atoms with Crippen LogP contribution in [0.25, 0.3) is 0 Å². The third-order valence-corrected chi connectivity index (χ3v) is 4.99. The first-order chi connectivity index (χ1) is 11.0. The zero-order chi connectivity index (χ0) is 16.4. The number of rotatable bonds is 3. The lowest BCUT2D eigenvalue weighted by molar-refractivity contribution is 0.246. The van der Waals surface area contributed by atoms with E-state index in [0.29, 0.717) is 0 Å². The summed E-state index contributed by atoms with van der Waals surface area (Å²) >= 11 is 0. The molecule has 3 rings (SSSR count). The van der Waals surface area contributed by atoms with Crippen molar-refractivity contribution in [3.63, 3.8) is 0 Å². The van der Waals surface area contributed by atoms with Crippen LogP contribution in [0.2, 0.25) is 0 Å². The Morgan fingerprint density at radius 2 is 1.70 bits per heavy atom. The number of piperazine rings is 1. The molecule has 122 valence electrons. The fourth-order valence-corrected chi connectivity index (χ4v) is 3.35. The maximum absolute atomic E-state index is 4.62. The second-order valence-corrected chi connectivity index (χ2v) is 6.76. The Balaban J connectivity index is 1.63. The molecule has 1 aliphatic heterocycles. The molecule has 1 aromatic heterocycles. The van der Waals surface area contributed by atoms with Crippen LogP contribution in [0.3, 0.4) is 0 Å². The highest BCUT2D eigenvalue weighted by Gasteiger charge is 2.19. The van der Waals surface area contributed by atoms with E-state index in [1.54, 1.807) is 0 Å². The van der Waals surface area contributed by atoms with Crippen LogP contribution in [0.1, 0.15) is 27.9 Å². The minimum Gasteiger partial charge on any atom is -0.369 e. The topological polar surface area (TPSA) is 19.4 Å². The molecule has 1 fully saturated rings. The fourth-order valence-electron chi connectivity index (χ4n) is 3.35. The molecular formula is C20H27N3. The van der Waals surface area contributed by atoms with E-state index in [2.05, 4.69) is 66.7 Å². The van der Waals surface area contributed by atoms with Crippen LogP contribution in [0.5, 0.6) is 0 Å². The lowest BCUT2D eigenvalue weighted by atomic mass is 10.1. The van der Waals surface area contributed by atoms with Gasteiger partial charge in [0.1, 0.15) is 0 Å². The van der Waals surface area contributed by atoms with E-state index in [9.17, 15) is 0 Å². The Morgan fingerprint density at radius 1 is 0.957 bits per heavy atom. The number of nitrogens with zero attached hydrogens (tertiary/aromatic N) is 3. The first-order valence-electron chi connectivity index (χ1n) is 8.50. The second-order valence-electron chi connectivity index (χ2n) is 6.76. The van der Waals surface area contributed by atoms with Crippen LogP contribution in [0, 0.1) is 27.7 Å². The molecule has 0 amide bonds. The quantitative estimate of drug-likeness (QED) is 0.863. The molecule has 0 bridgehead atoms. The molecule has 0 saturated carbocycles. The van der Waals surface area contributed by atoms with Crippen molar-refractivity contribution in [2.45, 2.75) is 34.2 Å². The molecule has 3 heteroatoms. The summed E-state index contributed by atoms with van der Waals surface area (Å²) in [6.07, 6.45) is 1.98. The summed E-state index contributed by atoms with van der Waals surface area (Å²) in [5.74, 6) is 0. The van der Waals surface area contributed by atoms with Gasteiger partial charge in [-0.2, -0.15) is 0 Å². The first kappa shape index (κ1) is 16.0. The largest absolute Gasteiger partial charge is 0.369 e. The molecule has 1 saturated heterocycles. The molecule has 0 spiro atoms. The zero-order valence-corrected chi connectivity index (χ0v) is 14.8. The Morgan fingerprint density at radius 3 is 2.39 bits per heavy atom. The summed E-state index contributed by atoms with van der Waals surface area (Å²) in [6, 6.07) is 8.85. The summed E-state index contributed by atoms with van der Waals surface area (Å²) < 4.78 is 0. The smallest absolute Gasteiger partial charge is 0.0573 e. The van der Waals surface area contributed by atoms with Crippen molar-refractivity contribution < 1.29 is 0 Å². The number of benzene rings is 1. The van der Waals surface area contributed by atoms with Crippen LogP contribution in [-0.4, -0.2) is 36.1 Å². The molecule has 0 unspecified atom stereocenters. The van der Waals surface area contributed by atoms with Crippen LogP contribution >= 0.6 is 0 Å². The van der Waals surface area contributed by atoms with Crippen molar-refractivity contribution in [3.05, 3.63) is 58.4 Å². The molecule has 2 aromatic rings. The molecule has 0 N–H and O–H groups in total. The summed E-state index contributed by atoms with van der Waals surface area (Å²) in [5.41, 5.74) is 7.96. The van der Waals surface area contributed by atoms with E-state index in [1.165, 1.54) is 33.6 Å². The highest BCUT2D eigenvalue weighted by Crippen LogP contribution is 2.24. The Hall–Kier alpha value is -1.87. The van der Waals surface area contributed by atoms with Crippen LogP contribution in [-0.2, 0) is 6.54 Å². The van der Waals surface area contributed by atoms with Gasteiger partial charge in [0.2, 0.25) is 0 Å². The highest BCUT2D eigenvalue weighted by atomic mass is 15.3. The van der Waals surface area contributed by atoms with Crippen LogP contribution in [0.15, 0.2) is 30.5 Å². The molecule has 23 heavy (non-hydrogen) atoms. The second kappa shape index (κ2) is 6.71. The highest BCUT2D eigenvalue weighted by molar-refractivity contribution is 5.56. The molecule has 0 aliphatic carbocycles. The van der Waals surface area contributed by atoms with Gasteiger partial charge in [-0.05, 0) is 56.0 Å². The average Bonchev–Trinajstić information content (AvgIpc) is 2.54. The monoisotopic (exact) mass is 309 g/mol. The Bertz CT molecular complexity index is 685. The van der Waals surface area contributed by atoms with Gasteiger partial charge >= 0.3 is 0 Å². The molecule has 0 radical (unpaired) electrons. The van der Waals surface area contributed by atoms with Crippen molar-refractivity contribution in [1.29, 1.82) is 0 Å². The van der Waals surface area contributed by atoms with E-state index >= 15 is 0 Å². The molecule has 3 nitrogen and oxygen atoms in total. The van der Waals surface area contributed by atoms with Gasteiger partial charge in [0.25, 0.3) is 0 Å². The van der Waals surface area contributed by atoms with Crippen molar-refractivity contribution >= 4 is 5.69 Å². The molecule has 2 heterocycles. The predicted molar refractivity (Wildman–Crippen MR) is 97.1 cm³/mol. The van der Waals surface area contributed by atoms with E-state index < -0.39 is 0 Å². The molecule has 0 atom stereocenters. The Kier molecular flexibility index (Phi) is 4.67. The number of hydrogen-bond acceptors (Lipinski definition) is 3. The van der Waals surface area contributed by atoms with Crippen LogP contribution < -0.4 is 4.90 Å². The fraction of sp³-hybridized carbons (Fsp3) is 0.450. The van der Waals surface area contributed by atoms with Gasteiger partial charge in [-0.25, -0.2) is 0 Å². The maximum atomic E-state index is 4.62. The van der Waals surface area contributed by atoms with Crippen molar-refractivity contribution in [2.24, 2.45) is 0 Å². The van der Waals surface area contributed by atoms with Gasteiger partial charge in [0.05, 0.1) is 5.69 Å². The summed E-state index contributed by atoms with van der Waals surface area (Å²) in [6.45, 7) is 14.0. The lowest BCUT2D eigenvalue weighted by Crippen LogP contribution is -2.46. The van der Waals surface area contributed by atoms with Gasteiger partial charge in [-0.1, -0.05) is 18.2 Å². The van der Waals surface area contributed by atoms with E-state index in [0.717, 1.165) is 32.7 Å². The minimum absolute atomic E-state index is 0.965. The van der Waals surface area contributed by atoms with E-state index in [-0.39, 0.29) is 0 Å². The standard InChI is InChI=1S/C20H27N3/c1-15-12-17(3)19(21-13-15)14-22-8-10-23(11-9-22)20-7-5-6-16(2)18(20)4/h5-7,12-13H,8-11,14H2,1-4H3. The summed E-state index contributed by atoms with van der Waals surface area (Å²) in [5, 5.41) is 0. The molecule has 1 aromatic carbocycles. The summed E-state index contributed by atoms with van der Waals surface area (Å²) in [7, 11) is 0. The van der Waals surface area contributed by atoms with Gasteiger partial charge in [-0.3, -0.25) is 9.88 Å². The van der Waals surface area contributed by atoms with Gasteiger partial charge < -0.3 is 4.90 Å². The average molecular weight is 309 g/mol. The lowest BCUT2D eigenvalue weighted by Gasteiger charge is -2.37. The third-order valence-electron chi connectivity index (χ3n) is 4.99. The number of pyridine rings is 1. The number of anilines is 1. The number of hydrogen-bond donors (Lipinski definition) is 0. The third kappa shape index (κ3) is 3.56. The number of aromatic nitrogens is 1. The van der Waals surface area contributed by atoms with Gasteiger partial charge in [-0.15, -0.1) is 0 Å². The van der Waals surface area contributed by atoms with Crippen molar-refractivity contribution in [2.75, 3.05) is 31.1 Å². The minimum atomic E-state index is 0.965. The molecular weight excluding hydrogens is 282 g/mol.